The lowest BCUT2D eigenvalue weighted by Crippen LogP contribution is -2.31. The number of para-hydroxylation sites is 1. The first kappa shape index (κ1) is 17.9. The third-order valence-corrected chi connectivity index (χ3v) is 6.23. The highest BCUT2D eigenvalue weighted by Gasteiger charge is 2.26. The Morgan fingerprint density at radius 1 is 1.33 bits per heavy atom. The number of hydrogen-bond acceptors (Lipinski definition) is 4. The maximum atomic E-state index is 14.2. The highest BCUT2D eigenvalue weighted by atomic mass is 32.1. The van der Waals surface area contributed by atoms with Gasteiger partial charge in [-0.05, 0) is 44.4 Å². The van der Waals surface area contributed by atoms with Crippen LogP contribution in [0, 0.1) is 12.7 Å². The molecule has 0 aliphatic carbocycles. The van der Waals surface area contributed by atoms with Crippen LogP contribution in [0.25, 0.3) is 10.2 Å². The molecular formula is C20H20FN3O2S. The molecule has 0 saturated heterocycles. The highest BCUT2D eigenvalue weighted by molar-refractivity contribution is 7.20. The topological polar surface area (TPSA) is 55.2 Å². The summed E-state index contributed by atoms with van der Waals surface area (Å²) in [6, 6.07) is 6.22. The number of hydrogen-bond donors (Lipinski definition) is 0. The molecule has 2 aromatic heterocycles. The number of anilines is 1. The van der Waals surface area contributed by atoms with Crippen molar-refractivity contribution in [2.45, 2.75) is 39.7 Å². The van der Waals surface area contributed by atoms with Gasteiger partial charge in [0, 0.05) is 19.5 Å². The van der Waals surface area contributed by atoms with E-state index in [1.54, 1.807) is 36.6 Å². The Balaban J connectivity index is 1.85. The van der Waals surface area contributed by atoms with E-state index in [1.807, 2.05) is 0 Å². The Morgan fingerprint density at radius 3 is 2.85 bits per heavy atom. The number of fused-ring (bicyclic) bond motifs is 2. The lowest BCUT2D eigenvalue weighted by Gasteiger charge is -2.21. The molecule has 0 atom stereocenters. The van der Waals surface area contributed by atoms with E-state index < -0.39 is 5.82 Å². The van der Waals surface area contributed by atoms with Crippen LogP contribution in [0.3, 0.4) is 0 Å². The molecule has 0 unspecified atom stereocenters. The van der Waals surface area contributed by atoms with Gasteiger partial charge in [0.15, 0.2) is 0 Å². The van der Waals surface area contributed by atoms with Gasteiger partial charge in [0.05, 0.1) is 16.0 Å². The first-order valence-corrected chi connectivity index (χ1v) is 9.93. The molecular weight excluding hydrogens is 365 g/mol. The second-order valence-electron chi connectivity index (χ2n) is 6.68. The van der Waals surface area contributed by atoms with Crippen LogP contribution in [0.1, 0.15) is 40.8 Å². The lowest BCUT2D eigenvalue weighted by atomic mass is 10.1. The molecule has 4 rings (SSSR count). The normalized spacial score (nSPS) is 13.6. The average Bonchev–Trinajstić information content (AvgIpc) is 3.00. The Labute approximate surface area is 160 Å². The molecule has 0 spiro atoms. The van der Waals surface area contributed by atoms with Gasteiger partial charge >= 0.3 is 0 Å². The van der Waals surface area contributed by atoms with E-state index in [2.05, 4.69) is 4.98 Å². The zero-order valence-electron chi connectivity index (χ0n) is 15.3. The number of rotatable bonds is 3. The van der Waals surface area contributed by atoms with E-state index in [0.717, 1.165) is 25.1 Å². The number of aromatic nitrogens is 2. The van der Waals surface area contributed by atoms with Crippen molar-refractivity contribution in [3.05, 3.63) is 56.7 Å². The Hall–Kier alpha value is -2.54. The van der Waals surface area contributed by atoms with Crippen LogP contribution in [0.15, 0.2) is 29.1 Å². The molecule has 0 N–H and O–H groups in total. The Kier molecular flexibility index (Phi) is 4.55. The minimum Gasteiger partial charge on any atom is -0.305 e. The highest BCUT2D eigenvalue weighted by Crippen LogP contribution is 2.31. The van der Waals surface area contributed by atoms with E-state index in [9.17, 15) is 14.0 Å². The molecule has 0 fully saturated rings. The van der Waals surface area contributed by atoms with Crippen molar-refractivity contribution >= 4 is 33.1 Å². The van der Waals surface area contributed by atoms with E-state index in [4.69, 9.17) is 0 Å². The summed E-state index contributed by atoms with van der Waals surface area (Å²) in [6.07, 6.45) is 2.76. The Bertz CT molecular complexity index is 1100. The second-order valence-corrected chi connectivity index (χ2v) is 7.68. The Morgan fingerprint density at radius 2 is 2.11 bits per heavy atom. The molecule has 3 heterocycles. The van der Waals surface area contributed by atoms with E-state index in [0.29, 0.717) is 33.7 Å². The zero-order valence-corrected chi connectivity index (χ0v) is 16.1. The zero-order chi connectivity index (χ0) is 19.1. The van der Waals surface area contributed by atoms with Crippen molar-refractivity contribution in [2.24, 2.45) is 0 Å². The second kappa shape index (κ2) is 6.88. The van der Waals surface area contributed by atoms with E-state index >= 15 is 0 Å². The molecule has 5 nitrogen and oxygen atoms in total. The smallest absolute Gasteiger partial charge is 0.268 e. The number of aryl methyl sites for hydroxylation is 2. The maximum absolute atomic E-state index is 14.2. The SMILES string of the molecule is CCN(C(=O)c1sc2nc3n(c(=O)c2c1C)CCCC3)c1ccccc1F. The number of nitrogens with zero attached hydrogens (tertiary/aromatic N) is 3. The van der Waals surface area contributed by atoms with Gasteiger partial charge < -0.3 is 4.90 Å². The number of benzene rings is 1. The molecule has 27 heavy (non-hydrogen) atoms. The number of amides is 1. The van der Waals surface area contributed by atoms with Crippen LogP contribution in [-0.2, 0) is 13.0 Å². The first-order chi connectivity index (χ1) is 13.0. The van der Waals surface area contributed by atoms with Crippen molar-refractivity contribution < 1.29 is 9.18 Å². The minimum absolute atomic E-state index is 0.0727. The molecule has 1 aliphatic rings. The van der Waals surface area contributed by atoms with Crippen molar-refractivity contribution in [2.75, 3.05) is 11.4 Å². The van der Waals surface area contributed by atoms with Gasteiger partial charge in [-0.1, -0.05) is 12.1 Å². The summed E-state index contributed by atoms with van der Waals surface area (Å²) in [6.45, 7) is 4.58. The van der Waals surface area contributed by atoms with Gasteiger partial charge in [-0.3, -0.25) is 14.2 Å². The van der Waals surface area contributed by atoms with Crippen LogP contribution in [0.4, 0.5) is 10.1 Å². The van der Waals surface area contributed by atoms with Gasteiger partial charge in [0.1, 0.15) is 16.5 Å². The molecule has 1 amide bonds. The molecule has 0 bridgehead atoms. The van der Waals surface area contributed by atoms with Gasteiger partial charge in [0.2, 0.25) is 0 Å². The average molecular weight is 385 g/mol. The fourth-order valence-electron chi connectivity index (χ4n) is 3.65. The molecule has 140 valence electrons. The summed E-state index contributed by atoms with van der Waals surface area (Å²) >= 11 is 1.23. The van der Waals surface area contributed by atoms with Gasteiger partial charge in [-0.2, -0.15) is 0 Å². The number of thiophene rings is 1. The van der Waals surface area contributed by atoms with E-state index in [1.165, 1.54) is 22.3 Å². The van der Waals surface area contributed by atoms with Crippen molar-refractivity contribution in [1.82, 2.24) is 9.55 Å². The van der Waals surface area contributed by atoms with Crippen molar-refractivity contribution in [3.63, 3.8) is 0 Å². The number of carbonyl (C=O) groups is 1. The van der Waals surface area contributed by atoms with Gasteiger partial charge in [0.25, 0.3) is 11.5 Å². The first-order valence-electron chi connectivity index (χ1n) is 9.12. The summed E-state index contributed by atoms with van der Waals surface area (Å²) < 4.78 is 16.0. The summed E-state index contributed by atoms with van der Waals surface area (Å²) in [5, 5.41) is 0.513. The molecule has 0 radical (unpaired) electrons. The predicted molar refractivity (Wildman–Crippen MR) is 105 cm³/mol. The van der Waals surface area contributed by atoms with Crippen molar-refractivity contribution in [1.29, 1.82) is 0 Å². The van der Waals surface area contributed by atoms with Crippen LogP contribution < -0.4 is 10.5 Å². The van der Waals surface area contributed by atoms with Gasteiger partial charge in [-0.25, -0.2) is 9.37 Å². The summed E-state index contributed by atoms with van der Waals surface area (Å²) in [4.78, 5) is 33.2. The van der Waals surface area contributed by atoms with Crippen LogP contribution in [-0.4, -0.2) is 22.0 Å². The number of halogens is 1. The van der Waals surface area contributed by atoms with Gasteiger partial charge in [-0.15, -0.1) is 11.3 Å². The summed E-state index contributed by atoms with van der Waals surface area (Å²) in [5.74, 6) is 0.0473. The minimum atomic E-state index is -0.444. The fourth-order valence-corrected chi connectivity index (χ4v) is 4.79. The van der Waals surface area contributed by atoms with Crippen molar-refractivity contribution in [3.8, 4) is 0 Å². The standard InChI is InChI=1S/C20H20FN3O2S/c1-3-23(14-9-5-4-8-13(14)21)20(26)17-12(2)16-18(27-17)22-15-10-6-7-11-24(15)19(16)25/h4-5,8-9H,3,6-7,10-11H2,1-2H3. The number of carbonyl (C=O) groups excluding carboxylic acids is 1. The third kappa shape index (κ3) is 2.86. The lowest BCUT2D eigenvalue weighted by molar-refractivity contribution is 0.0991. The summed E-state index contributed by atoms with van der Waals surface area (Å²) in [7, 11) is 0. The molecule has 0 saturated carbocycles. The molecule has 1 aliphatic heterocycles. The fraction of sp³-hybridized carbons (Fsp3) is 0.350. The van der Waals surface area contributed by atoms with Crippen LogP contribution in [0.2, 0.25) is 0 Å². The largest absolute Gasteiger partial charge is 0.305 e. The summed E-state index contributed by atoms with van der Waals surface area (Å²) in [5.41, 5.74) is 0.801. The molecule has 1 aromatic carbocycles. The van der Waals surface area contributed by atoms with E-state index in [-0.39, 0.29) is 17.2 Å². The monoisotopic (exact) mass is 385 g/mol. The quantitative estimate of drug-likeness (QED) is 0.687. The maximum Gasteiger partial charge on any atom is 0.268 e. The molecule has 3 aromatic rings. The van der Waals surface area contributed by atoms with Crippen LogP contribution >= 0.6 is 11.3 Å². The molecule has 7 heteroatoms. The van der Waals surface area contributed by atoms with Crippen LogP contribution in [0.5, 0.6) is 0 Å². The predicted octanol–water partition coefficient (Wildman–Crippen LogP) is 3.91. The third-order valence-electron chi connectivity index (χ3n) is 5.06.